The fourth-order valence-corrected chi connectivity index (χ4v) is 5.01. The molecular formula is C21H18BrN3O2S. The largest absolute Gasteiger partial charge is 0.274 e. The minimum absolute atomic E-state index is 0.114. The molecule has 4 rings (SSSR count). The summed E-state index contributed by atoms with van der Waals surface area (Å²) in [5.74, 6) is -0.476. The minimum atomic E-state index is -0.556. The first-order valence-electron chi connectivity index (χ1n) is 9.28. The predicted molar refractivity (Wildman–Crippen MR) is 111 cm³/mol. The second-order valence-electron chi connectivity index (χ2n) is 6.97. The molecule has 0 bridgehead atoms. The Balaban J connectivity index is 1.60. The van der Waals surface area contributed by atoms with E-state index in [1.54, 1.807) is 24.3 Å². The van der Waals surface area contributed by atoms with Gasteiger partial charge in [-0.05, 0) is 61.6 Å². The molecule has 5 nitrogen and oxygen atoms in total. The summed E-state index contributed by atoms with van der Waals surface area (Å²) in [6, 6.07) is 11.2. The highest BCUT2D eigenvalue weighted by Crippen LogP contribution is 2.36. The number of benzene rings is 1. The third kappa shape index (κ3) is 3.71. The zero-order chi connectivity index (χ0) is 19.7. The number of carbonyl (C=O) groups is 2. The van der Waals surface area contributed by atoms with Crippen molar-refractivity contribution in [3.63, 3.8) is 0 Å². The molecule has 1 atom stereocenters. The number of anilines is 1. The van der Waals surface area contributed by atoms with Gasteiger partial charge >= 0.3 is 0 Å². The van der Waals surface area contributed by atoms with Crippen molar-refractivity contribution in [2.45, 2.75) is 48.8 Å². The first-order chi connectivity index (χ1) is 13.6. The number of halogens is 1. The summed E-state index contributed by atoms with van der Waals surface area (Å²) in [7, 11) is 0. The molecule has 1 aliphatic heterocycles. The van der Waals surface area contributed by atoms with Gasteiger partial charge in [0.15, 0.2) is 0 Å². The summed E-state index contributed by atoms with van der Waals surface area (Å²) in [6.45, 7) is 0. The van der Waals surface area contributed by atoms with E-state index in [9.17, 15) is 14.9 Å². The number of aromatic nitrogens is 1. The lowest BCUT2D eigenvalue weighted by atomic mass is 10.1. The van der Waals surface area contributed by atoms with Crippen LogP contribution in [0.1, 0.15) is 42.5 Å². The fraction of sp³-hybridized carbons (Fsp3) is 0.333. The highest BCUT2D eigenvalue weighted by Gasteiger charge is 2.40. The number of carbonyl (C=O) groups excluding carboxylic acids is 2. The quantitative estimate of drug-likeness (QED) is 0.506. The summed E-state index contributed by atoms with van der Waals surface area (Å²) < 4.78 is 0.883. The van der Waals surface area contributed by atoms with E-state index in [1.807, 2.05) is 6.07 Å². The van der Waals surface area contributed by atoms with Gasteiger partial charge in [-0.2, -0.15) is 5.26 Å². The number of hydrogen-bond acceptors (Lipinski definition) is 5. The molecule has 1 aliphatic carbocycles. The van der Waals surface area contributed by atoms with Crippen molar-refractivity contribution >= 4 is 45.2 Å². The van der Waals surface area contributed by atoms with E-state index in [4.69, 9.17) is 4.98 Å². The van der Waals surface area contributed by atoms with Crippen molar-refractivity contribution in [1.29, 1.82) is 5.26 Å². The molecule has 1 saturated heterocycles. The zero-order valence-electron chi connectivity index (χ0n) is 15.2. The molecule has 0 spiro atoms. The maximum Gasteiger partial charge on any atom is 0.247 e. The lowest BCUT2D eigenvalue weighted by Crippen LogP contribution is -2.31. The summed E-state index contributed by atoms with van der Waals surface area (Å²) in [4.78, 5) is 31.4. The van der Waals surface area contributed by atoms with E-state index < -0.39 is 5.25 Å². The molecule has 142 valence electrons. The highest BCUT2D eigenvalue weighted by atomic mass is 79.9. The van der Waals surface area contributed by atoms with E-state index in [0.717, 1.165) is 41.4 Å². The number of pyridine rings is 1. The molecule has 0 unspecified atom stereocenters. The Morgan fingerprint density at radius 1 is 1.14 bits per heavy atom. The Labute approximate surface area is 176 Å². The van der Waals surface area contributed by atoms with E-state index in [0.29, 0.717) is 16.3 Å². The molecule has 2 aliphatic rings. The lowest BCUT2D eigenvalue weighted by molar-refractivity contribution is -0.121. The van der Waals surface area contributed by atoms with Crippen molar-refractivity contribution < 1.29 is 9.59 Å². The molecule has 2 amide bonds. The number of amides is 2. The third-order valence-electron chi connectivity index (χ3n) is 5.08. The number of hydrogen-bond donors (Lipinski definition) is 0. The number of thioether (sulfide) groups is 1. The Kier molecular flexibility index (Phi) is 5.51. The average molecular weight is 456 g/mol. The van der Waals surface area contributed by atoms with Crippen LogP contribution in [-0.2, 0) is 22.4 Å². The van der Waals surface area contributed by atoms with Crippen LogP contribution in [-0.4, -0.2) is 22.0 Å². The Morgan fingerprint density at radius 3 is 2.64 bits per heavy atom. The van der Waals surface area contributed by atoms with Crippen molar-refractivity contribution in [3.8, 4) is 6.07 Å². The topological polar surface area (TPSA) is 74.1 Å². The SMILES string of the molecule is N#Cc1cc2c(nc1S[C@@H]1CC(=O)N(c3ccc(Br)cc3)C1=O)CCCCC2. The number of imide groups is 1. The van der Waals surface area contributed by atoms with Crippen LogP contribution in [0.5, 0.6) is 0 Å². The first kappa shape index (κ1) is 19.2. The van der Waals surface area contributed by atoms with Gasteiger partial charge in [0.25, 0.3) is 0 Å². The van der Waals surface area contributed by atoms with Crippen LogP contribution in [0.3, 0.4) is 0 Å². The Bertz CT molecular complexity index is 984. The summed E-state index contributed by atoms with van der Waals surface area (Å²) in [6.07, 6.45) is 5.33. The summed E-state index contributed by atoms with van der Waals surface area (Å²) >= 11 is 4.60. The summed E-state index contributed by atoms with van der Waals surface area (Å²) in [5, 5.41) is 9.57. The number of fused-ring (bicyclic) bond motifs is 1. The molecule has 1 fully saturated rings. The Hall–Kier alpha value is -2.17. The molecule has 1 aromatic heterocycles. The van der Waals surface area contributed by atoms with Crippen LogP contribution < -0.4 is 4.90 Å². The van der Waals surface area contributed by atoms with E-state index in [-0.39, 0.29) is 18.2 Å². The van der Waals surface area contributed by atoms with Crippen molar-refractivity contribution in [2.24, 2.45) is 0 Å². The van der Waals surface area contributed by atoms with Gasteiger partial charge < -0.3 is 0 Å². The van der Waals surface area contributed by atoms with E-state index in [1.165, 1.54) is 23.1 Å². The average Bonchev–Trinajstić information content (AvgIpc) is 2.85. The van der Waals surface area contributed by atoms with Gasteiger partial charge in [-0.3, -0.25) is 9.59 Å². The van der Waals surface area contributed by atoms with Crippen LogP contribution >= 0.6 is 27.7 Å². The van der Waals surface area contributed by atoms with E-state index >= 15 is 0 Å². The van der Waals surface area contributed by atoms with E-state index in [2.05, 4.69) is 22.0 Å². The zero-order valence-corrected chi connectivity index (χ0v) is 17.6. The van der Waals surface area contributed by atoms with Gasteiger partial charge in [0.05, 0.1) is 16.5 Å². The third-order valence-corrected chi connectivity index (χ3v) is 6.80. The lowest BCUT2D eigenvalue weighted by Gasteiger charge is -2.15. The standard InChI is InChI=1S/C21H18BrN3O2S/c22-15-6-8-16(9-7-15)25-19(26)11-18(21(25)27)28-20-14(12-23)10-13-4-2-1-3-5-17(13)24-20/h6-10,18H,1-5,11H2/t18-/m1/s1. The molecule has 1 aromatic carbocycles. The van der Waals surface area contributed by atoms with Gasteiger partial charge in [0.2, 0.25) is 11.8 Å². The van der Waals surface area contributed by atoms with Crippen LogP contribution in [0.15, 0.2) is 39.8 Å². The van der Waals surface area contributed by atoms with Gasteiger partial charge in [-0.1, -0.05) is 34.1 Å². The molecule has 28 heavy (non-hydrogen) atoms. The van der Waals surface area contributed by atoms with Gasteiger partial charge in [-0.25, -0.2) is 9.88 Å². The highest BCUT2D eigenvalue weighted by molar-refractivity contribution is 9.10. The molecule has 0 radical (unpaired) electrons. The van der Waals surface area contributed by atoms with Crippen LogP contribution in [0.4, 0.5) is 5.69 Å². The number of nitriles is 1. The normalized spacial score (nSPS) is 19.3. The summed E-state index contributed by atoms with van der Waals surface area (Å²) in [5.41, 5.74) is 3.23. The Morgan fingerprint density at radius 2 is 1.89 bits per heavy atom. The predicted octanol–water partition coefficient (Wildman–Crippen LogP) is 4.41. The minimum Gasteiger partial charge on any atom is -0.274 e. The number of aryl methyl sites for hydroxylation is 2. The molecule has 0 N–H and O–H groups in total. The number of rotatable bonds is 3. The fourth-order valence-electron chi connectivity index (χ4n) is 3.65. The van der Waals surface area contributed by atoms with Crippen LogP contribution in [0, 0.1) is 11.3 Å². The van der Waals surface area contributed by atoms with Crippen molar-refractivity contribution in [2.75, 3.05) is 4.90 Å². The molecular weight excluding hydrogens is 438 g/mol. The van der Waals surface area contributed by atoms with Gasteiger partial charge in [-0.15, -0.1) is 0 Å². The maximum atomic E-state index is 12.9. The molecule has 7 heteroatoms. The van der Waals surface area contributed by atoms with Gasteiger partial charge in [0.1, 0.15) is 11.1 Å². The van der Waals surface area contributed by atoms with Crippen LogP contribution in [0.2, 0.25) is 0 Å². The molecule has 2 heterocycles. The molecule has 2 aromatic rings. The second-order valence-corrected chi connectivity index (χ2v) is 9.08. The van der Waals surface area contributed by atoms with Gasteiger partial charge in [0, 0.05) is 16.6 Å². The van der Waals surface area contributed by atoms with Crippen molar-refractivity contribution in [1.82, 2.24) is 4.98 Å². The van der Waals surface area contributed by atoms with Crippen molar-refractivity contribution in [3.05, 3.63) is 51.6 Å². The monoisotopic (exact) mass is 455 g/mol. The number of nitrogens with zero attached hydrogens (tertiary/aromatic N) is 3. The maximum absolute atomic E-state index is 12.9. The molecule has 0 saturated carbocycles. The van der Waals surface area contributed by atoms with Crippen LogP contribution in [0.25, 0.3) is 0 Å². The first-order valence-corrected chi connectivity index (χ1v) is 11.0. The smallest absolute Gasteiger partial charge is 0.247 e. The second kappa shape index (κ2) is 8.06.